The molecule has 0 amide bonds. The monoisotopic (exact) mass is 214 g/mol. The Morgan fingerprint density at radius 2 is 2.25 bits per heavy atom. The van der Waals surface area contributed by atoms with Gasteiger partial charge in [0.15, 0.2) is 0 Å². The quantitative estimate of drug-likeness (QED) is 0.532. The SMILES string of the molecule is N#CC1(Nc2ccc(C=N)c(N)c2)CCC1. The molecule has 1 saturated carbocycles. The zero-order chi connectivity index (χ0) is 11.6. The van der Waals surface area contributed by atoms with Gasteiger partial charge in [-0.15, -0.1) is 0 Å². The molecule has 1 fully saturated rings. The summed E-state index contributed by atoms with van der Waals surface area (Å²) >= 11 is 0. The zero-order valence-electron chi connectivity index (χ0n) is 8.96. The van der Waals surface area contributed by atoms with E-state index in [0.29, 0.717) is 11.3 Å². The van der Waals surface area contributed by atoms with Crippen LogP contribution in [0.15, 0.2) is 18.2 Å². The number of rotatable bonds is 3. The van der Waals surface area contributed by atoms with Crippen LogP contribution >= 0.6 is 0 Å². The number of nitrogens with one attached hydrogen (secondary N) is 2. The first-order valence-electron chi connectivity index (χ1n) is 5.28. The Balaban J connectivity index is 2.20. The Bertz CT molecular complexity index is 455. The van der Waals surface area contributed by atoms with Gasteiger partial charge >= 0.3 is 0 Å². The van der Waals surface area contributed by atoms with E-state index in [0.717, 1.165) is 24.9 Å². The highest BCUT2D eigenvalue weighted by molar-refractivity contribution is 5.86. The van der Waals surface area contributed by atoms with Crippen LogP contribution in [0.4, 0.5) is 11.4 Å². The molecule has 4 heteroatoms. The fraction of sp³-hybridized carbons (Fsp3) is 0.333. The molecule has 2 rings (SSSR count). The van der Waals surface area contributed by atoms with Crippen LogP contribution in [0.1, 0.15) is 24.8 Å². The summed E-state index contributed by atoms with van der Waals surface area (Å²) < 4.78 is 0. The van der Waals surface area contributed by atoms with Crippen LogP contribution in [0, 0.1) is 16.7 Å². The molecule has 1 aromatic rings. The lowest BCUT2D eigenvalue weighted by molar-refractivity contribution is 0.356. The van der Waals surface area contributed by atoms with Crippen LogP contribution in [0.3, 0.4) is 0 Å². The summed E-state index contributed by atoms with van der Waals surface area (Å²) in [5.74, 6) is 0. The van der Waals surface area contributed by atoms with Gasteiger partial charge in [0, 0.05) is 23.2 Å². The predicted molar refractivity (Wildman–Crippen MR) is 64.6 cm³/mol. The minimum absolute atomic E-state index is 0.404. The second-order valence-corrected chi connectivity index (χ2v) is 4.16. The van der Waals surface area contributed by atoms with Gasteiger partial charge in [0.05, 0.1) is 6.07 Å². The minimum Gasteiger partial charge on any atom is -0.398 e. The van der Waals surface area contributed by atoms with E-state index in [2.05, 4.69) is 11.4 Å². The summed E-state index contributed by atoms with van der Waals surface area (Å²) in [7, 11) is 0. The number of hydrogen-bond acceptors (Lipinski definition) is 4. The van der Waals surface area contributed by atoms with E-state index in [4.69, 9.17) is 16.4 Å². The van der Waals surface area contributed by atoms with E-state index >= 15 is 0 Å². The average Bonchev–Trinajstić information content (AvgIpc) is 2.24. The highest BCUT2D eigenvalue weighted by Crippen LogP contribution is 2.35. The molecule has 0 radical (unpaired) electrons. The molecule has 0 heterocycles. The maximum Gasteiger partial charge on any atom is 0.125 e. The van der Waals surface area contributed by atoms with E-state index in [1.54, 1.807) is 12.1 Å². The van der Waals surface area contributed by atoms with E-state index < -0.39 is 5.54 Å². The summed E-state index contributed by atoms with van der Waals surface area (Å²) in [6, 6.07) is 7.73. The molecule has 16 heavy (non-hydrogen) atoms. The van der Waals surface area contributed by atoms with Gasteiger partial charge in [-0.25, -0.2) is 0 Å². The minimum atomic E-state index is -0.404. The number of nitrogens with zero attached hydrogens (tertiary/aromatic N) is 1. The van der Waals surface area contributed by atoms with Crippen molar-refractivity contribution in [2.24, 2.45) is 0 Å². The Morgan fingerprint density at radius 3 is 2.69 bits per heavy atom. The number of anilines is 2. The van der Waals surface area contributed by atoms with Crippen molar-refractivity contribution in [3.05, 3.63) is 23.8 Å². The third-order valence-electron chi connectivity index (χ3n) is 3.05. The van der Waals surface area contributed by atoms with E-state index in [9.17, 15) is 0 Å². The van der Waals surface area contributed by atoms with Crippen LogP contribution in [0.2, 0.25) is 0 Å². The molecule has 1 aliphatic rings. The summed E-state index contributed by atoms with van der Waals surface area (Å²) in [5, 5.41) is 19.4. The third kappa shape index (κ3) is 1.72. The average molecular weight is 214 g/mol. The summed E-state index contributed by atoms with van der Waals surface area (Å²) in [6.07, 6.45) is 4.09. The van der Waals surface area contributed by atoms with Crippen LogP contribution in [-0.2, 0) is 0 Å². The molecule has 82 valence electrons. The smallest absolute Gasteiger partial charge is 0.125 e. The van der Waals surface area contributed by atoms with Gasteiger partial charge in [0.25, 0.3) is 0 Å². The molecule has 0 aromatic heterocycles. The molecule has 0 spiro atoms. The Morgan fingerprint density at radius 1 is 1.50 bits per heavy atom. The maximum atomic E-state index is 9.09. The molecular formula is C12H14N4. The van der Waals surface area contributed by atoms with Crippen LogP contribution < -0.4 is 11.1 Å². The van der Waals surface area contributed by atoms with Gasteiger partial charge in [-0.3, -0.25) is 0 Å². The maximum absolute atomic E-state index is 9.09. The van der Waals surface area contributed by atoms with Gasteiger partial charge in [0.2, 0.25) is 0 Å². The Kier molecular flexibility index (Phi) is 2.53. The Labute approximate surface area is 94.6 Å². The largest absolute Gasteiger partial charge is 0.398 e. The molecule has 0 atom stereocenters. The second kappa shape index (κ2) is 3.86. The second-order valence-electron chi connectivity index (χ2n) is 4.16. The first-order chi connectivity index (χ1) is 7.69. The van der Waals surface area contributed by atoms with Crippen molar-refractivity contribution in [2.75, 3.05) is 11.1 Å². The fourth-order valence-corrected chi connectivity index (χ4v) is 1.86. The molecule has 1 aromatic carbocycles. The van der Waals surface area contributed by atoms with Crippen molar-refractivity contribution >= 4 is 17.6 Å². The van der Waals surface area contributed by atoms with Gasteiger partial charge in [-0.1, -0.05) is 0 Å². The van der Waals surface area contributed by atoms with Crippen molar-refractivity contribution < 1.29 is 0 Å². The number of nitrogens with two attached hydrogens (primary N) is 1. The first-order valence-corrected chi connectivity index (χ1v) is 5.28. The number of nitriles is 1. The van der Waals surface area contributed by atoms with Gasteiger partial charge in [-0.05, 0) is 37.5 Å². The van der Waals surface area contributed by atoms with Crippen molar-refractivity contribution in [3.63, 3.8) is 0 Å². The van der Waals surface area contributed by atoms with E-state index in [-0.39, 0.29) is 0 Å². The number of hydrogen-bond donors (Lipinski definition) is 3. The summed E-state index contributed by atoms with van der Waals surface area (Å²) in [4.78, 5) is 0. The van der Waals surface area contributed by atoms with Crippen LogP contribution in [-0.4, -0.2) is 11.8 Å². The first kappa shape index (κ1) is 10.5. The molecule has 0 saturated heterocycles. The molecule has 4 N–H and O–H groups in total. The summed E-state index contributed by atoms with van der Waals surface area (Å²) in [6.45, 7) is 0. The summed E-state index contributed by atoms with van der Waals surface area (Å²) in [5.41, 5.74) is 7.49. The van der Waals surface area contributed by atoms with Gasteiger partial charge in [-0.2, -0.15) is 5.26 Å². The van der Waals surface area contributed by atoms with Crippen LogP contribution in [0.25, 0.3) is 0 Å². The van der Waals surface area contributed by atoms with Crippen molar-refractivity contribution in [2.45, 2.75) is 24.8 Å². The van der Waals surface area contributed by atoms with E-state index in [1.807, 2.05) is 6.07 Å². The zero-order valence-corrected chi connectivity index (χ0v) is 8.96. The predicted octanol–water partition coefficient (Wildman–Crippen LogP) is 2.12. The number of nitrogen functional groups attached to an aromatic ring is 1. The van der Waals surface area contributed by atoms with Gasteiger partial charge < -0.3 is 16.5 Å². The highest BCUT2D eigenvalue weighted by atomic mass is 15.0. The standard InChI is InChI=1S/C12H14N4/c13-7-9-2-3-10(6-11(9)15)16-12(8-14)4-1-5-12/h2-3,6-7,13,16H,1,4-5,15H2. The number of benzene rings is 1. The lowest BCUT2D eigenvalue weighted by atomic mass is 9.78. The molecule has 0 unspecified atom stereocenters. The highest BCUT2D eigenvalue weighted by Gasteiger charge is 2.36. The van der Waals surface area contributed by atoms with E-state index in [1.165, 1.54) is 6.21 Å². The topological polar surface area (TPSA) is 85.7 Å². The molecule has 0 bridgehead atoms. The third-order valence-corrected chi connectivity index (χ3v) is 3.05. The molecule has 1 aliphatic carbocycles. The Hall–Kier alpha value is -2.02. The van der Waals surface area contributed by atoms with Crippen molar-refractivity contribution in [1.29, 1.82) is 10.7 Å². The van der Waals surface area contributed by atoms with Crippen molar-refractivity contribution in [1.82, 2.24) is 0 Å². The fourth-order valence-electron chi connectivity index (χ4n) is 1.86. The van der Waals surface area contributed by atoms with Gasteiger partial charge in [0.1, 0.15) is 5.54 Å². The lowest BCUT2D eigenvalue weighted by Gasteiger charge is -2.36. The molecule has 4 nitrogen and oxygen atoms in total. The molecular weight excluding hydrogens is 200 g/mol. The lowest BCUT2D eigenvalue weighted by Crippen LogP contribution is -2.43. The normalized spacial score (nSPS) is 16.9. The van der Waals surface area contributed by atoms with Crippen LogP contribution in [0.5, 0.6) is 0 Å². The molecule has 0 aliphatic heterocycles. The van der Waals surface area contributed by atoms with Crippen molar-refractivity contribution in [3.8, 4) is 6.07 Å².